The van der Waals surface area contributed by atoms with Gasteiger partial charge < -0.3 is 25.0 Å². The van der Waals surface area contributed by atoms with Gasteiger partial charge in [0.05, 0.1) is 7.11 Å². The molecule has 1 saturated heterocycles. The molecule has 1 fully saturated rings. The van der Waals surface area contributed by atoms with Gasteiger partial charge in [0.25, 0.3) is 0 Å². The van der Waals surface area contributed by atoms with Crippen LogP contribution in [0.15, 0.2) is 18.2 Å². The Bertz CT molecular complexity index is 501. The smallest absolute Gasteiger partial charge is 0.223 e. The van der Waals surface area contributed by atoms with Crippen molar-refractivity contribution in [1.82, 2.24) is 15.1 Å². The Hall–Kier alpha value is -1.79. The first-order chi connectivity index (χ1) is 10.6. The number of carbonyl (C=O) groups excluding carboxylic acids is 1. The minimum Gasteiger partial charge on any atom is -0.504 e. The van der Waals surface area contributed by atoms with E-state index in [0.29, 0.717) is 25.3 Å². The number of phenols is 1. The fraction of sp³-hybridized carbons (Fsp3) is 0.562. The molecule has 1 amide bonds. The molecule has 0 saturated carbocycles. The van der Waals surface area contributed by atoms with Crippen LogP contribution in [0.4, 0.5) is 0 Å². The minimum absolute atomic E-state index is 0.141. The highest BCUT2D eigenvalue weighted by Crippen LogP contribution is 2.26. The van der Waals surface area contributed by atoms with Crippen molar-refractivity contribution in [2.45, 2.75) is 13.0 Å². The number of benzene rings is 1. The SMILES string of the molecule is COc1cc(CN(C)CCC(=O)N2CCNCC2)ccc1O. The fourth-order valence-corrected chi connectivity index (χ4v) is 2.57. The van der Waals surface area contributed by atoms with Gasteiger partial charge in [-0.2, -0.15) is 0 Å². The molecular formula is C16H25N3O3. The van der Waals surface area contributed by atoms with E-state index in [1.54, 1.807) is 6.07 Å². The first kappa shape index (κ1) is 16.6. The normalized spacial score (nSPS) is 15.1. The molecule has 0 atom stereocenters. The van der Waals surface area contributed by atoms with Gasteiger partial charge >= 0.3 is 0 Å². The number of piperazine rings is 1. The Kier molecular flexibility index (Phi) is 6.03. The summed E-state index contributed by atoms with van der Waals surface area (Å²) in [5.74, 6) is 0.835. The van der Waals surface area contributed by atoms with Crippen molar-refractivity contribution in [2.75, 3.05) is 46.9 Å². The van der Waals surface area contributed by atoms with Crippen molar-refractivity contribution in [3.05, 3.63) is 23.8 Å². The predicted octanol–water partition coefficient (Wildman–Crippen LogP) is 0.654. The highest BCUT2D eigenvalue weighted by Gasteiger charge is 2.16. The summed E-state index contributed by atoms with van der Waals surface area (Å²) in [6, 6.07) is 5.32. The lowest BCUT2D eigenvalue weighted by Crippen LogP contribution is -2.47. The molecule has 0 unspecified atom stereocenters. The average Bonchev–Trinajstić information content (AvgIpc) is 2.55. The average molecular weight is 307 g/mol. The summed E-state index contributed by atoms with van der Waals surface area (Å²) in [4.78, 5) is 16.1. The maximum Gasteiger partial charge on any atom is 0.223 e. The summed E-state index contributed by atoms with van der Waals surface area (Å²) in [7, 11) is 3.53. The summed E-state index contributed by atoms with van der Waals surface area (Å²) in [5.41, 5.74) is 1.05. The quantitative estimate of drug-likeness (QED) is 0.808. The summed E-state index contributed by atoms with van der Waals surface area (Å²) >= 11 is 0. The van der Waals surface area contributed by atoms with Gasteiger partial charge in [0.1, 0.15) is 0 Å². The molecule has 0 radical (unpaired) electrons. The summed E-state index contributed by atoms with van der Waals surface area (Å²) in [5, 5.41) is 12.8. The van der Waals surface area contributed by atoms with Gasteiger partial charge in [-0.1, -0.05) is 6.07 Å². The molecule has 2 N–H and O–H groups in total. The molecule has 0 aliphatic carbocycles. The van der Waals surface area contributed by atoms with Crippen LogP contribution >= 0.6 is 0 Å². The second-order valence-electron chi connectivity index (χ2n) is 5.62. The number of ether oxygens (including phenoxy) is 1. The summed E-state index contributed by atoms with van der Waals surface area (Å²) in [6.07, 6.45) is 0.533. The molecule has 2 rings (SSSR count). The maximum atomic E-state index is 12.1. The first-order valence-electron chi connectivity index (χ1n) is 7.63. The number of methoxy groups -OCH3 is 1. The van der Waals surface area contributed by atoms with E-state index >= 15 is 0 Å². The van der Waals surface area contributed by atoms with Crippen LogP contribution in [-0.2, 0) is 11.3 Å². The van der Waals surface area contributed by atoms with Crippen LogP contribution in [0.3, 0.4) is 0 Å². The number of aromatic hydroxyl groups is 1. The zero-order chi connectivity index (χ0) is 15.9. The minimum atomic E-state index is 0.141. The third-order valence-corrected chi connectivity index (χ3v) is 3.87. The molecule has 0 spiro atoms. The second-order valence-corrected chi connectivity index (χ2v) is 5.62. The third kappa shape index (κ3) is 4.61. The number of nitrogens with one attached hydrogen (secondary N) is 1. The molecular weight excluding hydrogens is 282 g/mol. The number of phenolic OH excluding ortho intramolecular Hbond substituents is 1. The Morgan fingerprint density at radius 1 is 1.41 bits per heavy atom. The van der Waals surface area contributed by atoms with E-state index in [9.17, 15) is 9.90 Å². The highest BCUT2D eigenvalue weighted by molar-refractivity contribution is 5.76. The third-order valence-electron chi connectivity index (χ3n) is 3.87. The Labute approximate surface area is 131 Å². The Balaban J connectivity index is 1.79. The van der Waals surface area contributed by atoms with Gasteiger partial charge in [-0.25, -0.2) is 0 Å². The van der Waals surface area contributed by atoms with Crippen molar-refractivity contribution in [2.24, 2.45) is 0 Å². The van der Waals surface area contributed by atoms with Gasteiger partial charge in [0.15, 0.2) is 11.5 Å². The number of hydrogen-bond acceptors (Lipinski definition) is 5. The second kappa shape index (κ2) is 8.00. The van der Waals surface area contributed by atoms with Crippen LogP contribution in [0.5, 0.6) is 11.5 Å². The molecule has 1 aliphatic rings. The topological polar surface area (TPSA) is 65.0 Å². The molecule has 122 valence electrons. The molecule has 0 bridgehead atoms. The fourth-order valence-electron chi connectivity index (χ4n) is 2.57. The van der Waals surface area contributed by atoms with Crippen molar-refractivity contribution >= 4 is 5.91 Å². The van der Waals surface area contributed by atoms with Gasteiger partial charge in [-0.15, -0.1) is 0 Å². The molecule has 1 aromatic carbocycles. The van der Waals surface area contributed by atoms with Crippen LogP contribution in [0.2, 0.25) is 0 Å². The summed E-state index contributed by atoms with van der Waals surface area (Å²) in [6.45, 7) is 4.80. The van der Waals surface area contributed by atoms with Gasteiger partial charge in [0.2, 0.25) is 5.91 Å². The molecule has 1 aromatic rings. The van der Waals surface area contributed by atoms with Gasteiger partial charge in [0, 0.05) is 45.7 Å². The van der Waals surface area contributed by atoms with E-state index in [0.717, 1.165) is 31.7 Å². The lowest BCUT2D eigenvalue weighted by atomic mass is 10.2. The van der Waals surface area contributed by atoms with Crippen molar-refractivity contribution in [3.8, 4) is 11.5 Å². The number of hydrogen-bond donors (Lipinski definition) is 2. The van der Waals surface area contributed by atoms with E-state index < -0.39 is 0 Å². The molecule has 6 heteroatoms. The molecule has 6 nitrogen and oxygen atoms in total. The van der Waals surface area contributed by atoms with Crippen molar-refractivity contribution < 1.29 is 14.6 Å². The van der Waals surface area contributed by atoms with Crippen LogP contribution in [0, 0.1) is 0 Å². The standard InChI is InChI=1S/C16H25N3O3/c1-18(8-5-16(21)19-9-6-17-7-10-19)12-13-3-4-14(20)15(11-13)22-2/h3-4,11,17,20H,5-10,12H2,1-2H3. The lowest BCUT2D eigenvalue weighted by molar-refractivity contribution is -0.132. The van der Waals surface area contributed by atoms with Gasteiger partial charge in [-0.05, 0) is 24.7 Å². The maximum absolute atomic E-state index is 12.1. The van der Waals surface area contributed by atoms with E-state index in [1.165, 1.54) is 7.11 Å². The van der Waals surface area contributed by atoms with Crippen LogP contribution in [0.25, 0.3) is 0 Å². The van der Waals surface area contributed by atoms with E-state index in [1.807, 2.05) is 24.1 Å². The van der Waals surface area contributed by atoms with E-state index in [2.05, 4.69) is 10.2 Å². The van der Waals surface area contributed by atoms with Crippen LogP contribution < -0.4 is 10.1 Å². The Morgan fingerprint density at radius 2 is 2.14 bits per heavy atom. The number of rotatable bonds is 6. The lowest BCUT2D eigenvalue weighted by Gasteiger charge is -2.28. The first-order valence-corrected chi connectivity index (χ1v) is 7.63. The zero-order valence-corrected chi connectivity index (χ0v) is 13.3. The van der Waals surface area contributed by atoms with Crippen molar-refractivity contribution in [3.63, 3.8) is 0 Å². The molecule has 22 heavy (non-hydrogen) atoms. The largest absolute Gasteiger partial charge is 0.504 e. The predicted molar refractivity (Wildman–Crippen MR) is 85.1 cm³/mol. The molecule has 0 aromatic heterocycles. The van der Waals surface area contributed by atoms with Crippen molar-refractivity contribution in [1.29, 1.82) is 0 Å². The number of nitrogens with zero attached hydrogens (tertiary/aromatic N) is 2. The van der Waals surface area contributed by atoms with Crippen LogP contribution in [0.1, 0.15) is 12.0 Å². The zero-order valence-electron chi connectivity index (χ0n) is 13.3. The summed E-state index contributed by atoms with van der Waals surface area (Å²) < 4.78 is 5.11. The monoisotopic (exact) mass is 307 g/mol. The Morgan fingerprint density at radius 3 is 2.82 bits per heavy atom. The molecule has 1 heterocycles. The van der Waals surface area contributed by atoms with E-state index in [-0.39, 0.29) is 11.7 Å². The number of carbonyl (C=O) groups is 1. The van der Waals surface area contributed by atoms with E-state index in [4.69, 9.17) is 4.74 Å². The van der Waals surface area contributed by atoms with Crippen LogP contribution in [-0.4, -0.2) is 67.7 Å². The number of amides is 1. The highest BCUT2D eigenvalue weighted by atomic mass is 16.5. The molecule has 1 aliphatic heterocycles. The van der Waals surface area contributed by atoms with Gasteiger partial charge in [-0.3, -0.25) is 4.79 Å².